The van der Waals surface area contributed by atoms with Gasteiger partial charge >= 0.3 is 0 Å². The Hall–Kier alpha value is -5.46. The second-order valence-corrected chi connectivity index (χ2v) is 15.0. The molecule has 0 spiro atoms. The van der Waals surface area contributed by atoms with E-state index in [9.17, 15) is 5.11 Å². The molecule has 8 aromatic rings. The lowest BCUT2D eigenvalue weighted by atomic mass is 9.90. The number of phenols is 1. The molecule has 5 aromatic carbocycles. The molecule has 0 aliphatic carbocycles. The predicted molar refractivity (Wildman–Crippen MR) is 201 cm³/mol. The van der Waals surface area contributed by atoms with E-state index in [0.717, 1.165) is 67.5 Å². The molecule has 6 heteroatoms. The summed E-state index contributed by atoms with van der Waals surface area (Å²) in [6.07, 6.45) is 2.98. The Morgan fingerprint density at radius 2 is 1.53 bits per heavy atom. The van der Waals surface area contributed by atoms with Gasteiger partial charge in [-0.1, -0.05) is 88.4 Å². The van der Waals surface area contributed by atoms with Crippen LogP contribution in [0, 0.1) is 5.92 Å². The van der Waals surface area contributed by atoms with Gasteiger partial charge in [-0.2, -0.15) is 0 Å². The Bertz CT molecular complexity index is 2500. The highest BCUT2D eigenvalue weighted by Gasteiger charge is 2.24. The first kappa shape index (κ1) is 30.8. The Morgan fingerprint density at radius 1 is 0.796 bits per heavy atom. The van der Waals surface area contributed by atoms with Crippen LogP contribution in [0.3, 0.4) is 0 Å². The third-order valence-corrected chi connectivity index (χ3v) is 9.47. The monoisotopic (exact) mass is 654 g/mol. The molecule has 0 fully saturated rings. The number of hydrogen-bond donors (Lipinski definition) is 1. The van der Waals surface area contributed by atoms with Gasteiger partial charge in [0.1, 0.15) is 22.7 Å². The van der Waals surface area contributed by atoms with Crippen LogP contribution in [0.15, 0.2) is 126 Å². The summed E-state index contributed by atoms with van der Waals surface area (Å²) in [5, 5.41) is 12.9. The van der Waals surface area contributed by atoms with Gasteiger partial charge in [-0.05, 0) is 83.1 Å². The van der Waals surface area contributed by atoms with Crippen molar-refractivity contribution in [1.82, 2.24) is 14.5 Å². The van der Waals surface area contributed by atoms with Crippen molar-refractivity contribution in [2.75, 3.05) is 0 Å². The number of hydrogen-bond acceptors (Lipinski definition) is 4. The van der Waals surface area contributed by atoms with Gasteiger partial charge in [0.05, 0.1) is 22.3 Å². The minimum absolute atomic E-state index is 0.177. The third-order valence-electron chi connectivity index (χ3n) is 9.20. The van der Waals surface area contributed by atoms with Gasteiger partial charge in [-0.3, -0.25) is 9.55 Å². The van der Waals surface area contributed by atoms with Crippen LogP contribution in [0.2, 0.25) is 0 Å². The molecule has 1 N–H and O–H groups in total. The van der Waals surface area contributed by atoms with Crippen LogP contribution in [0.1, 0.15) is 38.8 Å². The van der Waals surface area contributed by atoms with E-state index < -0.39 is 0 Å². The number of rotatable bonds is 7. The Balaban J connectivity index is 1.43. The van der Waals surface area contributed by atoms with E-state index in [2.05, 4.69) is 103 Å². The fourth-order valence-corrected chi connectivity index (χ4v) is 7.22. The van der Waals surface area contributed by atoms with Gasteiger partial charge in [0.15, 0.2) is 0 Å². The van der Waals surface area contributed by atoms with Crippen LogP contribution in [0.5, 0.6) is 5.75 Å². The molecule has 0 unspecified atom stereocenters. The molecule has 3 heterocycles. The molecular weight excluding hydrogens is 619 g/mol. The smallest absolute Gasteiger partial charge is 0.149 e. The first-order valence-corrected chi connectivity index (χ1v) is 17.2. The number of aromatic nitrogens is 3. The number of benzene rings is 5. The zero-order chi connectivity index (χ0) is 33.9. The number of pyridine rings is 1. The van der Waals surface area contributed by atoms with Crippen LogP contribution in [0.4, 0.5) is 0 Å². The summed E-state index contributed by atoms with van der Waals surface area (Å²) in [5.41, 5.74) is 11.3. The maximum Gasteiger partial charge on any atom is 0.149 e. The van der Waals surface area contributed by atoms with Crippen molar-refractivity contribution in [2.45, 2.75) is 39.2 Å². The van der Waals surface area contributed by atoms with Gasteiger partial charge in [0.25, 0.3) is 0 Å². The van der Waals surface area contributed by atoms with Gasteiger partial charge in [0, 0.05) is 49.6 Å². The van der Waals surface area contributed by atoms with Gasteiger partial charge in [0.2, 0.25) is 0 Å². The van der Waals surface area contributed by atoms with E-state index in [-0.39, 0.29) is 10.8 Å². The highest BCUT2D eigenvalue weighted by Crippen LogP contribution is 2.43. The molecule has 3 aromatic heterocycles. The van der Waals surface area contributed by atoms with E-state index in [4.69, 9.17) is 14.4 Å². The highest BCUT2D eigenvalue weighted by atomic mass is 28.1. The Kier molecular flexibility index (Phi) is 7.49. The van der Waals surface area contributed by atoms with E-state index in [1.165, 1.54) is 11.1 Å². The minimum atomic E-state index is -0.205. The lowest BCUT2D eigenvalue weighted by Crippen LogP contribution is -2.20. The molecule has 0 aliphatic heterocycles. The minimum Gasteiger partial charge on any atom is -0.507 e. The molecule has 0 aliphatic rings. The van der Waals surface area contributed by atoms with Crippen molar-refractivity contribution in [1.29, 1.82) is 0 Å². The molecule has 0 saturated heterocycles. The Morgan fingerprint density at radius 3 is 2.31 bits per heavy atom. The number of fused-ring (bicyclic) bond motifs is 4. The molecule has 239 valence electrons. The maximum absolute atomic E-state index is 11.0. The first-order valence-electron chi connectivity index (χ1n) is 16.7. The normalized spacial score (nSPS) is 12.1. The number of furan rings is 1. The summed E-state index contributed by atoms with van der Waals surface area (Å²) in [5.74, 6) is 1.34. The topological polar surface area (TPSA) is 64.1 Å². The van der Waals surface area contributed by atoms with Crippen molar-refractivity contribution in [3.8, 4) is 45.2 Å². The van der Waals surface area contributed by atoms with Crippen molar-refractivity contribution in [3.63, 3.8) is 0 Å². The lowest BCUT2D eigenvalue weighted by molar-refractivity contribution is 0.477. The molecule has 8 rings (SSSR count). The van der Waals surface area contributed by atoms with Crippen molar-refractivity contribution in [3.05, 3.63) is 133 Å². The van der Waals surface area contributed by atoms with E-state index in [0.29, 0.717) is 17.3 Å². The van der Waals surface area contributed by atoms with Crippen LogP contribution >= 0.6 is 0 Å². The van der Waals surface area contributed by atoms with Crippen molar-refractivity contribution >= 4 is 43.2 Å². The fraction of sp³-hybridized carbons (Fsp3) is 0.163. The van der Waals surface area contributed by atoms with E-state index >= 15 is 0 Å². The van der Waals surface area contributed by atoms with Crippen molar-refractivity contribution < 1.29 is 9.52 Å². The van der Waals surface area contributed by atoms with E-state index in [1.807, 2.05) is 54.7 Å². The molecule has 49 heavy (non-hydrogen) atoms. The molecule has 0 amide bonds. The zero-order valence-corrected chi connectivity index (χ0v) is 29.0. The molecule has 5 nitrogen and oxygen atoms in total. The second-order valence-electron chi connectivity index (χ2n) is 13.7. The summed E-state index contributed by atoms with van der Waals surface area (Å²) in [6, 6.07) is 38.6. The standard InChI is InChI=1S/C43H36N3O2Si/c1-26(2)21-27-24-36(44-25-35(27)43(3,4)49)28-22-33-30-15-9-11-20-39(30)48-41(33)34(23-28)31-17-12-18-37-40(31)45-42(32-16-8-10-19-38(32)47)46(37)29-13-6-5-7-14-29/h5-20,22-26,47H,21H2,1-4H3. The first-order chi connectivity index (χ1) is 23.7. The summed E-state index contributed by atoms with van der Waals surface area (Å²) in [6.45, 7) is 8.85. The van der Waals surface area contributed by atoms with Crippen molar-refractivity contribution in [2.24, 2.45) is 5.92 Å². The summed E-state index contributed by atoms with van der Waals surface area (Å²) >= 11 is 0. The fourth-order valence-electron chi connectivity index (χ4n) is 7.00. The van der Waals surface area contributed by atoms with Gasteiger partial charge in [-0.15, -0.1) is 0 Å². The molecule has 3 radical (unpaired) electrons. The molecule has 0 atom stereocenters. The predicted octanol–water partition coefficient (Wildman–Crippen LogP) is 10.6. The second kappa shape index (κ2) is 11.9. The van der Waals surface area contributed by atoms with Crippen LogP contribution in [0.25, 0.3) is 72.4 Å². The molecule has 0 saturated carbocycles. The zero-order valence-electron chi connectivity index (χ0n) is 28.0. The summed E-state index contributed by atoms with van der Waals surface area (Å²) in [4.78, 5) is 10.3. The number of imidazole rings is 1. The number of nitrogens with zero attached hydrogens (tertiary/aromatic N) is 3. The number of phenolic OH excluding ortho intramolecular Hbond substituents is 1. The lowest BCUT2D eigenvalue weighted by Gasteiger charge is -2.24. The SMILES string of the molecule is CC(C)Cc1cc(-c2cc(-c3cccc4c3nc(-c3ccccc3O)n4-c3ccccc3)c3oc4ccccc4c3c2)ncc1C(C)(C)[Si]. The Labute approximate surface area is 289 Å². The van der Waals surface area contributed by atoms with Crippen LogP contribution in [-0.2, 0) is 11.5 Å². The largest absolute Gasteiger partial charge is 0.507 e. The third kappa shape index (κ3) is 5.42. The van der Waals surface area contributed by atoms with Crippen LogP contribution in [-0.4, -0.2) is 29.9 Å². The molecular formula is C43H36N3O2Si. The molecule has 0 bridgehead atoms. The average Bonchev–Trinajstić information content (AvgIpc) is 3.67. The van der Waals surface area contributed by atoms with Gasteiger partial charge < -0.3 is 9.52 Å². The summed E-state index contributed by atoms with van der Waals surface area (Å²) < 4.78 is 8.76. The number of aromatic hydroxyl groups is 1. The highest BCUT2D eigenvalue weighted by molar-refractivity contribution is 6.15. The van der Waals surface area contributed by atoms with Gasteiger partial charge in [-0.25, -0.2) is 4.98 Å². The number of para-hydroxylation sites is 4. The van der Waals surface area contributed by atoms with Crippen LogP contribution < -0.4 is 0 Å². The maximum atomic E-state index is 11.0. The van der Waals surface area contributed by atoms with E-state index in [1.54, 1.807) is 6.07 Å². The quantitative estimate of drug-likeness (QED) is 0.174. The summed E-state index contributed by atoms with van der Waals surface area (Å²) in [7, 11) is 3.96. The average molecular weight is 655 g/mol.